The molecule has 2 aliphatic heterocycles. The summed E-state index contributed by atoms with van der Waals surface area (Å²) in [6, 6.07) is 6.43. The maximum absolute atomic E-state index is 10.2. The smallest absolute Gasteiger partial charge is 0.217 e. The van der Waals surface area contributed by atoms with E-state index in [-0.39, 0.29) is 17.2 Å². The number of nitrogens with one attached hydrogen (secondary N) is 1. The van der Waals surface area contributed by atoms with Crippen LogP contribution < -0.4 is 0 Å². The lowest BCUT2D eigenvalue weighted by atomic mass is 9.49. The van der Waals surface area contributed by atoms with Crippen LogP contribution in [0, 0.1) is 73.4 Å². The van der Waals surface area contributed by atoms with Crippen molar-refractivity contribution >= 4 is 5.90 Å². The summed E-state index contributed by atoms with van der Waals surface area (Å²) in [4.78, 5) is 0. The third kappa shape index (κ3) is 1.96. The highest BCUT2D eigenvalue weighted by atomic mass is 16.7. The maximum Gasteiger partial charge on any atom is 0.217 e. The van der Waals surface area contributed by atoms with Gasteiger partial charge in [0.15, 0.2) is 10.8 Å². The van der Waals surface area contributed by atoms with Crippen molar-refractivity contribution in [2.24, 2.45) is 34.0 Å². The predicted molar refractivity (Wildman–Crippen MR) is 93.2 cm³/mol. The summed E-state index contributed by atoms with van der Waals surface area (Å²) in [5.41, 5.74) is -3.32. The molecule has 6 nitrogen and oxygen atoms in total. The van der Waals surface area contributed by atoms with E-state index in [4.69, 9.17) is 14.9 Å². The molecule has 2 heterocycles. The Kier molecular flexibility index (Phi) is 3.91. The Balaban J connectivity index is 2.23. The molecule has 5 unspecified atom stereocenters. The fourth-order valence-electron chi connectivity index (χ4n) is 5.29. The van der Waals surface area contributed by atoms with Gasteiger partial charge in [0.05, 0.1) is 30.2 Å². The molecule has 0 amide bonds. The molecule has 0 aromatic heterocycles. The minimum atomic E-state index is -1.75. The fourth-order valence-corrected chi connectivity index (χ4v) is 5.29. The molecule has 138 valence electrons. The topological polar surface area (TPSA) is 114 Å². The maximum atomic E-state index is 10.2. The summed E-state index contributed by atoms with van der Waals surface area (Å²) in [5, 5.41) is 38.8. The first-order valence-electron chi connectivity index (χ1n) is 9.24. The molecule has 26 heavy (non-hydrogen) atoms. The lowest BCUT2D eigenvalue weighted by molar-refractivity contribution is -0.306. The van der Waals surface area contributed by atoms with Crippen molar-refractivity contribution in [2.75, 3.05) is 0 Å². The summed E-state index contributed by atoms with van der Waals surface area (Å²) in [7, 11) is 0. The average molecular weight is 354 g/mol. The monoisotopic (exact) mass is 354 g/mol. The molecule has 6 heteroatoms. The van der Waals surface area contributed by atoms with Crippen LogP contribution in [0.2, 0.25) is 0 Å². The number of nitriles is 3. The van der Waals surface area contributed by atoms with Gasteiger partial charge >= 0.3 is 0 Å². The van der Waals surface area contributed by atoms with Crippen molar-refractivity contribution in [1.82, 2.24) is 0 Å². The quantitative estimate of drug-likeness (QED) is 0.770. The Morgan fingerprint density at radius 1 is 1.15 bits per heavy atom. The second-order valence-corrected chi connectivity index (χ2v) is 9.37. The minimum absolute atomic E-state index is 0.0245. The summed E-state index contributed by atoms with van der Waals surface area (Å²) < 4.78 is 12.2. The third-order valence-electron chi connectivity index (χ3n) is 6.78. The van der Waals surface area contributed by atoms with Crippen LogP contribution in [-0.2, 0) is 9.47 Å². The molecule has 0 aromatic rings. The Labute approximate surface area is 155 Å². The van der Waals surface area contributed by atoms with Gasteiger partial charge in [0.1, 0.15) is 0 Å². The van der Waals surface area contributed by atoms with Gasteiger partial charge in [-0.3, -0.25) is 5.41 Å². The van der Waals surface area contributed by atoms with Crippen molar-refractivity contribution in [3.8, 4) is 18.2 Å². The number of ether oxygens (including phenoxy) is 2. The minimum Gasteiger partial charge on any atom is -0.447 e. The van der Waals surface area contributed by atoms with Crippen LogP contribution in [0.4, 0.5) is 0 Å². The van der Waals surface area contributed by atoms with Crippen LogP contribution >= 0.6 is 0 Å². The fraction of sp³-hybridized carbons (Fsp3) is 0.800. The van der Waals surface area contributed by atoms with Gasteiger partial charge < -0.3 is 9.47 Å². The van der Waals surface area contributed by atoms with Crippen molar-refractivity contribution < 1.29 is 9.47 Å². The number of hydrogen-bond acceptors (Lipinski definition) is 6. The highest BCUT2D eigenvalue weighted by Gasteiger charge is 2.81. The lowest BCUT2D eigenvalue weighted by Gasteiger charge is -2.55. The molecule has 1 aliphatic carbocycles. The van der Waals surface area contributed by atoms with Crippen LogP contribution in [0.3, 0.4) is 0 Å². The summed E-state index contributed by atoms with van der Waals surface area (Å²) in [5.74, 6) is -1.68. The molecular formula is C20H26N4O2. The molecule has 5 atom stereocenters. The summed E-state index contributed by atoms with van der Waals surface area (Å²) in [6.45, 7) is 10.2. The molecule has 1 N–H and O–H groups in total. The summed E-state index contributed by atoms with van der Waals surface area (Å²) >= 11 is 0. The van der Waals surface area contributed by atoms with E-state index in [1.54, 1.807) is 0 Å². The zero-order valence-corrected chi connectivity index (χ0v) is 16.1. The van der Waals surface area contributed by atoms with Gasteiger partial charge in [0.25, 0.3) is 0 Å². The molecule has 3 rings (SSSR count). The van der Waals surface area contributed by atoms with E-state index in [1.807, 2.05) is 13.8 Å². The Morgan fingerprint density at radius 3 is 2.23 bits per heavy atom. The van der Waals surface area contributed by atoms with Crippen molar-refractivity contribution in [3.05, 3.63) is 0 Å². The Morgan fingerprint density at radius 2 is 1.77 bits per heavy atom. The van der Waals surface area contributed by atoms with Gasteiger partial charge in [0.2, 0.25) is 11.7 Å². The SMILES string of the molecule is CC(C)C1OC23CCC(C(C)(C)C)CC2C(C#N)(C(=N)O3)C1(C#N)C#N. The van der Waals surface area contributed by atoms with E-state index in [2.05, 4.69) is 39.0 Å². The van der Waals surface area contributed by atoms with Crippen LogP contribution in [-0.4, -0.2) is 17.8 Å². The van der Waals surface area contributed by atoms with E-state index in [0.717, 1.165) is 6.42 Å². The normalized spacial score (nSPS) is 40.7. The molecular weight excluding hydrogens is 328 g/mol. The van der Waals surface area contributed by atoms with Crippen LogP contribution in [0.25, 0.3) is 0 Å². The second kappa shape index (κ2) is 5.45. The summed E-state index contributed by atoms with van der Waals surface area (Å²) in [6.07, 6.45) is 1.27. The van der Waals surface area contributed by atoms with Crippen LogP contribution in [0.15, 0.2) is 0 Å². The van der Waals surface area contributed by atoms with E-state index >= 15 is 0 Å². The average Bonchev–Trinajstić information content (AvgIpc) is 2.78. The lowest BCUT2D eigenvalue weighted by Crippen LogP contribution is -2.65. The van der Waals surface area contributed by atoms with Gasteiger partial charge in [-0.1, -0.05) is 34.6 Å². The van der Waals surface area contributed by atoms with Crippen molar-refractivity contribution in [2.45, 2.75) is 65.8 Å². The van der Waals surface area contributed by atoms with E-state index in [9.17, 15) is 15.8 Å². The standard InChI is InChI=1S/C20H26N4O2/c1-12(2)15-18(9-21,10-22)19(11-23)14-8-13(17(3,4)5)6-7-20(14,25-15)26-16(19)24/h12-15,24H,6-8H2,1-5H3. The van der Waals surface area contributed by atoms with E-state index < -0.39 is 28.6 Å². The van der Waals surface area contributed by atoms with Crippen molar-refractivity contribution in [1.29, 1.82) is 21.2 Å². The highest BCUT2D eigenvalue weighted by Crippen LogP contribution is 2.68. The zero-order valence-electron chi connectivity index (χ0n) is 16.1. The van der Waals surface area contributed by atoms with E-state index in [1.165, 1.54) is 0 Å². The van der Waals surface area contributed by atoms with Crippen LogP contribution in [0.5, 0.6) is 0 Å². The largest absolute Gasteiger partial charge is 0.447 e. The van der Waals surface area contributed by atoms with Gasteiger partial charge in [-0.2, -0.15) is 15.8 Å². The number of nitrogens with zero attached hydrogens (tertiary/aromatic N) is 3. The molecule has 3 aliphatic rings. The number of rotatable bonds is 1. The first-order valence-corrected chi connectivity index (χ1v) is 9.24. The van der Waals surface area contributed by atoms with Gasteiger partial charge in [0, 0.05) is 6.42 Å². The van der Waals surface area contributed by atoms with Crippen molar-refractivity contribution in [3.63, 3.8) is 0 Å². The highest BCUT2D eigenvalue weighted by molar-refractivity contribution is 5.89. The Bertz CT molecular complexity index is 749. The van der Waals surface area contributed by atoms with Crippen LogP contribution in [0.1, 0.15) is 53.9 Å². The zero-order chi connectivity index (χ0) is 19.5. The van der Waals surface area contributed by atoms with Gasteiger partial charge in [-0.05, 0) is 30.1 Å². The molecule has 3 fully saturated rings. The third-order valence-corrected chi connectivity index (χ3v) is 6.78. The molecule has 0 aromatic carbocycles. The molecule has 2 bridgehead atoms. The molecule has 0 radical (unpaired) electrons. The molecule has 2 saturated heterocycles. The molecule has 1 saturated carbocycles. The van der Waals surface area contributed by atoms with E-state index in [0.29, 0.717) is 18.8 Å². The molecule has 0 spiro atoms. The first kappa shape index (κ1) is 18.7. The van der Waals surface area contributed by atoms with Gasteiger partial charge in [-0.15, -0.1) is 0 Å². The first-order chi connectivity index (χ1) is 12.0. The predicted octanol–water partition coefficient (Wildman–Crippen LogP) is 3.75. The number of hydrogen-bond donors (Lipinski definition) is 1. The Hall–Kier alpha value is -2.10. The second-order valence-electron chi connectivity index (χ2n) is 9.37. The van der Waals surface area contributed by atoms with Gasteiger partial charge in [-0.25, -0.2) is 0 Å².